The van der Waals surface area contributed by atoms with Gasteiger partial charge in [0.1, 0.15) is 17.5 Å². The summed E-state index contributed by atoms with van der Waals surface area (Å²) in [5, 5.41) is 21.1. The van der Waals surface area contributed by atoms with Crippen LogP contribution in [0.1, 0.15) is 22.8 Å². The Morgan fingerprint density at radius 1 is 1.21 bits per heavy atom. The van der Waals surface area contributed by atoms with Crippen LogP contribution in [-0.4, -0.2) is 39.7 Å². The Bertz CT molecular complexity index is 983. The fraction of sp³-hybridized carbons (Fsp3) is 0.222. The van der Waals surface area contributed by atoms with Gasteiger partial charge in [0.2, 0.25) is 7.37 Å². The van der Waals surface area contributed by atoms with E-state index in [1.54, 1.807) is 12.1 Å². The Morgan fingerprint density at radius 2 is 1.79 bits per heavy atom. The number of amides is 1. The van der Waals surface area contributed by atoms with Crippen molar-refractivity contribution in [3.63, 3.8) is 0 Å². The maximum atomic E-state index is 12.2. The molecule has 0 bridgehead atoms. The zero-order chi connectivity index (χ0) is 21.9. The molecule has 2 atom stereocenters. The van der Waals surface area contributed by atoms with Crippen LogP contribution in [-0.2, 0) is 15.5 Å². The van der Waals surface area contributed by atoms with Gasteiger partial charge in [0.05, 0.1) is 14.5 Å². The SMILES string of the molecule is CC(NC(=O)c1cc(Oc2c(Br)cc(CP(C)(=O)O)cc2Br)ccc1O)C(=O)O. The highest BCUT2D eigenvalue weighted by Crippen LogP contribution is 2.44. The molecule has 156 valence electrons. The molecule has 2 aromatic rings. The first-order valence-electron chi connectivity index (χ1n) is 8.19. The van der Waals surface area contributed by atoms with Gasteiger partial charge in [-0.1, -0.05) is 0 Å². The number of carboxylic acid groups (broad SMARTS) is 1. The van der Waals surface area contributed by atoms with Gasteiger partial charge in [0.25, 0.3) is 5.91 Å². The van der Waals surface area contributed by atoms with Crippen molar-refractivity contribution in [1.29, 1.82) is 0 Å². The standard InChI is InChI=1S/C18H18Br2NO7P/c1-9(18(24)25)21-17(23)12-7-11(3-4-15(12)22)28-16-13(19)5-10(6-14(16)20)8-29(2,26)27/h3-7,9,22H,8H2,1-2H3,(H,21,23)(H,24,25)(H,26,27). The molecule has 29 heavy (non-hydrogen) atoms. The first kappa shape index (κ1) is 23.4. The van der Waals surface area contributed by atoms with Gasteiger partial charge in [0.15, 0.2) is 5.75 Å². The minimum absolute atomic E-state index is 0.00420. The average Bonchev–Trinajstić information content (AvgIpc) is 2.57. The summed E-state index contributed by atoms with van der Waals surface area (Å²) in [5.41, 5.74) is 0.476. The number of nitrogens with one attached hydrogen (secondary N) is 1. The van der Waals surface area contributed by atoms with Crippen LogP contribution in [0.15, 0.2) is 39.3 Å². The van der Waals surface area contributed by atoms with Gasteiger partial charge < -0.3 is 25.2 Å². The summed E-state index contributed by atoms with van der Waals surface area (Å²) in [6.07, 6.45) is -0.00420. The monoisotopic (exact) mass is 549 g/mol. The molecule has 0 saturated heterocycles. The summed E-state index contributed by atoms with van der Waals surface area (Å²) >= 11 is 6.71. The van der Waals surface area contributed by atoms with Gasteiger partial charge in [-0.3, -0.25) is 14.2 Å². The third-order valence-corrected chi connectivity index (χ3v) is 5.81. The van der Waals surface area contributed by atoms with Crippen molar-refractivity contribution in [3.8, 4) is 17.2 Å². The molecule has 0 aliphatic heterocycles. The van der Waals surface area contributed by atoms with Gasteiger partial charge >= 0.3 is 5.97 Å². The highest BCUT2D eigenvalue weighted by atomic mass is 79.9. The van der Waals surface area contributed by atoms with Crippen molar-refractivity contribution in [2.75, 3.05) is 6.66 Å². The molecular formula is C18H18Br2NO7P. The van der Waals surface area contributed by atoms with Crippen LogP contribution < -0.4 is 10.1 Å². The zero-order valence-corrected chi connectivity index (χ0v) is 19.4. The van der Waals surface area contributed by atoms with Crippen molar-refractivity contribution in [3.05, 3.63) is 50.4 Å². The fourth-order valence-corrected chi connectivity index (χ4v) is 4.66. The number of halogens is 2. The van der Waals surface area contributed by atoms with Crippen molar-refractivity contribution in [2.24, 2.45) is 0 Å². The Morgan fingerprint density at radius 3 is 2.31 bits per heavy atom. The maximum absolute atomic E-state index is 12.2. The van der Waals surface area contributed by atoms with Crippen LogP contribution in [0.5, 0.6) is 17.2 Å². The minimum atomic E-state index is -3.25. The van der Waals surface area contributed by atoms with Crippen LogP contribution in [0.25, 0.3) is 0 Å². The summed E-state index contributed by atoms with van der Waals surface area (Å²) in [7, 11) is -3.25. The van der Waals surface area contributed by atoms with Gasteiger partial charge in [-0.25, -0.2) is 0 Å². The number of aliphatic carboxylic acids is 1. The van der Waals surface area contributed by atoms with Crippen LogP contribution in [0.4, 0.5) is 0 Å². The molecule has 2 unspecified atom stereocenters. The number of rotatable bonds is 7. The summed E-state index contributed by atoms with van der Waals surface area (Å²) in [6.45, 7) is 2.57. The number of hydrogen-bond donors (Lipinski definition) is 4. The quantitative estimate of drug-likeness (QED) is 0.377. The summed E-state index contributed by atoms with van der Waals surface area (Å²) in [5.74, 6) is -1.74. The molecule has 8 nitrogen and oxygen atoms in total. The van der Waals surface area contributed by atoms with E-state index in [0.717, 1.165) is 0 Å². The van der Waals surface area contributed by atoms with Crippen molar-refractivity contribution < 1.29 is 34.0 Å². The van der Waals surface area contributed by atoms with Gasteiger partial charge in [-0.15, -0.1) is 0 Å². The topological polar surface area (TPSA) is 133 Å². The summed E-state index contributed by atoms with van der Waals surface area (Å²) in [4.78, 5) is 32.7. The molecule has 0 saturated carbocycles. The highest BCUT2D eigenvalue weighted by molar-refractivity contribution is 9.11. The third-order valence-electron chi connectivity index (χ3n) is 3.68. The third kappa shape index (κ3) is 6.57. The van der Waals surface area contributed by atoms with Crippen LogP contribution in [0, 0.1) is 0 Å². The largest absolute Gasteiger partial charge is 0.507 e. The molecule has 0 heterocycles. The average molecular weight is 551 g/mol. The Hall–Kier alpha value is -1.87. The lowest BCUT2D eigenvalue weighted by Crippen LogP contribution is -2.38. The molecule has 0 spiro atoms. The smallest absolute Gasteiger partial charge is 0.325 e. The molecule has 0 aliphatic carbocycles. The molecular weight excluding hydrogens is 533 g/mol. The van der Waals surface area contributed by atoms with E-state index in [-0.39, 0.29) is 23.2 Å². The molecule has 2 rings (SSSR count). The summed E-state index contributed by atoms with van der Waals surface area (Å²) in [6, 6.07) is 6.13. The Labute approximate surface area is 183 Å². The maximum Gasteiger partial charge on any atom is 0.325 e. The zero-order valence-electron chi connectivity index (χ0n) is 15.3. The van der Waals surface area contributed by atoms with E-state index in [4.69, 9.17) is 9.84 Å². The molecule has 2 aromatic carbocycles. The first-order chi connectivity index (χ1) is 13.4. The van der Waals surface area contributed by atoms with Crippen molar-refractivity contribution in [2.45, 2.75) is 19.1 Å². The van der Waals surface area contributed by atoms with E-state index in [1.807, 2.05) is 0 Å². The Balaban J connectivity index is 2.30. The van der Waals surface area contributed by atoms with E-state index < -0.39 is 25.3 Å². The fourth-order valence-electron chi connectivity index (χ4n) is 2.35. The number of carboxylic acids is 1. The van der Waals surface area contributed by atoms with Gasteiger partial charge in [-0.05, 0) is 74.7 Å². The second-order valence-electron chi connectivity index (χ2n) is 6.41. The molecule has 0 fully saturated rings. The lowest BCUT2D eigenvalue weighted by molar-refractivity contribution is -0.138. The van der Waals surface area contributed by atoms with E-state index >= 15 is 0 Å². The van der Waals surface area contributed by atoms with E-state index in [0.29, 0.717) is 20.3 Å². The number of phenolic OH excluding ortho intramolecular Hbond substituents is 1. The van der Waals surface area contributed by atoms with E-state index in [9.17, 15) is 24.2 Å². The van der Waals surface area contributed by atoms with Crippen LogP contribution >= 0.6 is 39.2 Å². The first-order valence-corrected chi connectivity index (χ1v) is 12.1. The molecule has 4 N–H and O–H groups in total. The van der Waals surface area contributed by atoms with Crippen molar-refractivity contribution >= 4 is 51.1 Å². The number of carbonyl (C=O) groups excluding carboxylic acids is 1. The van der Waals surface area contributed by atoms with E-state index in [2.05, 4.69) is 37.2 Å². The van der Waals surface area contributed by atoms with Crippen LogP contribution in [0.2, 0.25) is 0 Å². The number of ether oxygens (including phenoxy) is 1. The number of hydrogen-bond acceptors (Lipinski definition) is 5. The van der Waals surface area contributed by atoms with E-state index in [1.165, 1.54) is 31.8 Å². The molecule has 0 radical (unpaired) electrons. The molecule has 11 heteroatoms. The highest BCUT2D eigenvalue weighted by Gasteiger charge is 2.20. The molecule has 1 amide bonds. The molecule has 0 aliphatic rings. The van der Waals surface area contributed by atoms with Crippen LogP contribution in [0.3, 0.4) is 0 Å². The number of phenols is 1. The number of carbonyl (C=O) groups is 2. The van der Waals surface area contributed by atoms with Crippen molar-refractivity contribution in [1.82, 2.24) is 5.32 Å². The second kappa shape index (κ2) is 9.30. The minimum Gasteiger partial charge on any atom is -0.507 e. The number of benzene rings is 2. The predicted molar refractivity (Wildman–Crippen MR) is 114 cm³/mol. The predicted octanol–water partition coefficient (Wildman–Crippen LogP) is 4.31. The molecule has 0 aromatic heterocycles. The summed E-state index contributed by atoms with van der Waals surface area (Å²) < 4.78 is 18.4. The van der Waals surface area contributed by atoms with Gasteiger partial charge in [-0.2, -0.15) is 0 Å². The number of aromatic hydroxyl groups is 1. The second-order valence-corrected chi connectivity index (χ2v) is 10.5. The Kier molecular flexibility index (Phi) is 7.50. The lowest BCUT2D eigenvalue weighted by atomic mass is 10.1. The normalized spacial score (nSPS) is 14.0. The lowest BCUT2D eigenvalue weighted by Gasteiger charge is -2.15. The van der Waals surface area contributed by atoms with Gasteiger partial charge in [0, 0.05) is 12.8 Å².